The number of anilines is 1. The molecule has 0 unspecified atom stereocenters. The molecule has 3 rings (SSSR count). The number of rotatable bonds is 8. The molecule has 0 amide bonds. The van der Waals surface area contributed by atoms with Crippen LogP contribution in [-0.2, 0) is 6.54 Å². The highest BCUT2D eigenvalue weighted by Crippen LogP contribution is 2.26. The van der Waals surface area contributed by atoms with Crippen molar-refractivity contribution in [3.63, 3.8) is 0 Å². The molecule has 1 heterocycles. The van der Waals surface area contributed by atoms with E-state index >= 15 is 0 Å². The predicted molar refractivity (Wildman–Crippen MR) is 111 cm³/mol. The second-order valence-corrected chi connectivity index (χ2v) is 6.80. The number of ether oxygens (including phenoxy) is 1. The lowest BCUT2D eigenvalue weighted by Gasteiger charge is -2.10. The van der Waals surface area contributed by atoms with Gasteiger partial charge in [0.2, 0.25) is 5.95 Å². The van der Waals surface area contributed by atoms with Crippen LogP contribution in [0.1, 0.15) is 22.8 Å². The number of benzene rings is 2. The molecule has 2 N–H and O–H groups in total. The van der Waals surface area contributed by atoms with Crippen LogP contribution in [0.4, 0.5) is 5.95 Å². The molecule has 6 nitrogen and oxygen atoms in total. The Morgan fingerprint density at radius 2 is 1.96 bits per heavy atom. The van der Waals surface area contributed by atoms with E-state index in [1.807, 2.05) is 13.2 Å². The molecule has 3 aromatic rings. The van der Waals surface area contributed by atoms with E-state index in [1.165, 1.54) is 4.90 Å². The topological polar surface area (TPSA) is 84.3 Å². The molecule has 0 saturated heterocycles. The summed E-state index contributed by atoms with van der Waals surface area (Å²) < 4.78 is 5.39. The van der Waals surface area contributed by atoms with Crippen LogP contribution in [0.25, 0.3) is 11.3 Å². The molecule has 28 heavy (non-hydrogen) atoms. The monoisotopic (exact) mass is 395 g/mol. The van der Waals surface area contributed by atoms with Gasteiger partial charge in [0.25, 0.3) is 0 Å². The van der Waals surface area contributed by atoms with E-state index in [0.717, 1.165) is 5.56 Å². The normalized spacial score (nSPS) is 10.5. The van der Waals surface area contributed by atoms with Crippen LogP contribution in [0.3, 0.4) is 0 Å². The largest absolute Gasteiger partial charge is 0.493 e. The summed E-state index contributed by atoms with van der Waals surface area (Å²) in [5.74, 6) is -0.205. The molecule has 0 aliphatic carbocycles. The number of nitrogens with zero attached hydrogens (tertiary/aromatic N) is 2. The second kappa shape index (κ2) is 9.23. The SMILES string of the molecule is CCOc1ccc(-c2ccnc(NCc3ccc(SC)cc3)n2)cc1C(=O)O. The fourth-order valence-electron chi connectivity index (χ4n) is 2.67. The van der Waals surface area contributed by atoms with Gasteiger partial charge >= 0.3 is 5.97 Å². The number of carboxylic acids is 1. The van der Waals surface area contributed by atoms with Gasteiger partial charge in [-0.15, -0.1) is 11.8 Å². The third-order valence-corrected chi connectivity index (χ3v) is 4.81. The number of hydrogen-bond donors (Lipinski definition) is 2. The number of carboxylic acid groups (broad SMARTS) is 1. The molecular formula is C21H21N3O3S. The number of thioether (sulfide) groups is 1. The Labute approximate surface area is 168 Å². The fourth-order valence-corrected chi connectivity index (χ4v) is 3.08. The van der Waals surface area contributed by atoms with Gasteiger partial charge < -0.3 is 15.2 Å². The first-order valence-electron chi connectivity index (χ1n) is 8.81. The molecule has 0 fully saturated rings. The Morgan fingerprint density at radius 1 is 1.18 bits per heavy atom. The molecule has 0 radical (unpaired) electrons. The van der Waals surface area contributed by atoms with Gasteiger partial charge in [0.05, 0.1) is 12.3 Å². The van der Waals surface area contributed by atoms with Crippen LogP contribution < -0.4 is 10.1 Å². The summed E-state index contributed by atoms with van der Waals surface area (Å²) in [7, 11) is 0. The van der Waals surface area contributed by atoms with E-state index in [1.54, 1.807) is 42.2 Å². The van der Waals surface area contributed by atoms with Crippen molar-refractivity contribution in [1.29, 1.82) is 0 Å². The van der Waals surface area contributed by atoms with Crippen molar-refractivity contribution in [2.75, 3.05) is 18.2 Å². The van der Waals surface area contributed by atoms with Gasteiger partial charge in [0.1, 0.15) is 11.3 Å². The summed E-state index contributed by atoms with van der Waals surface area (Å²) >= 11 is 1.70. The van der Waals surface area contributed by atoms with Crippen LogP contribution in [0.5, 0.6) is 5.75 Å². The quantitative estimate of drug-likeness (QED) is 0.540. The van der Waals surface area contributed by atoms with Crippen molar-refractivity contribution in [1.82, 2.24) is 9.97 Å². The maximum Gasteiger partial charge on any atom is 0.339 e. The Hall–Kier alpha value is -3.06. The zero-order valence-corrected chi connectivity index (χ0v) is 16.5. The van der Waals surface area contributed by atoms with Crippen molar-refractivity contribution >= 4 is 23.7 Å². The third kappa shape index (κ3) is 4.80. The van der Waals surface area contributed by atoms with Crippen molar-refractivity contribution < 1.29 is 14.6 Å². The van der Waals surface area contributed by atoms with Crippen LogP contribution in [-0.4, -0.2) is 33.9 Å². The van der Waals surface area contributed by atoms with Gasteiger partial charge in [0.15, 0.2) is 0 Å². The maximum atomic E-state index is 11.5. The smallest absolute Gasteiger partial charge is 0.339 e. The van der Waals surface area contributed by atoms with E-state index < -0.39 is 5.97 Å². The van der Waals surface area contributed by atoms with Crippen LogP contribution in [0.15, 0.2) is 59.6 Å². The molecule has 0 saturated carbocycles. The van der Waals surface area contributed by atoms with Gasteiger partial charge in [-0.25, -0.2) is 14.8 Å². The molecular weight excluding hydrogens is 374 g/mol. The Kier molecular flexibility index (Phi) is 6.49. The van der Waals surface area contributed by atoms with E-state index in [4.69, 9.17) is 4.74 Å². The number of nitrogens with one attached hydrogen (secondary N) is 1. The number of aromatic carboxylic acids is 1. The molecule has 2 aromatic carbocycles. The van der Waals surface area contributed by atoms with Gasteiger partial charge in [-0.3, -0.25) is 0 Å². The van der Waals surface area contributed by atoms with E-state index in [2.05, 4.69) is 39.6 Å². The van der Waals surface area contributed by atoms with Crippen molar-refractivity contribution in [2.24, 2.45) is 0 Å². The van der Waals surface area contributed by atoms with Gasteiger partial charge in [-0.1, -0.05) is 12.1 Å². The van der Waals surface area contributed by atoms with E-state index in [0.29, 0.717) is 36.1 Å². The highest BCUT2D eigenvalue weighted by atomic mass is 32.2. The summed E-state index contributed by atoms with van der Waals surface area (Å²) in [4.78, 5) is 21.5. The highest BCUT2D eigenvalue weighted by molar-refractivity contribution is 7.98. The minimum Gasteiger partial charge on any atom is -0.493 e. The second-order valence-electron chi connectivity index (χ2n) is 5.92. The summed E-state index contributed by atoms with van der Waals surface area (Å²) in [6.45, 7) is 2.82. The highest BCUT2D eigenvalue weighted by Gasteiger charge is 2.13. The van der Waals surface area contributed by atoms with E-state index in [-0.39, 0.29) is 5.56 Å². The molecule has 0 bridgehead atoms. The van der Waals surface area contributed by atoms with Crippen molar-refractivity contribution in [2.45, 2.75) is 18.4 Å². The maximum absolute atomic E-state index is 11.5. The van der Waals surface area contributed by atoms with Crippen LogP contribution in [0.2, 0.25) is 0 Å². The predicted octanol–water partition coefficient (Wildman–Crippen LogP) is 4.57. The van der Waals surface area contributed by atoms with Gasteiger partial charge in [0, 0.05) is 23.2 Å². The first kappa shape index (κ1) is 19.7. The number of carbonyl (C=O) groups is 1. The van der Waals surface area contributed by atoms with E-state index in [9.17, 15) is 9.90 Å². The Bertz CT molecular complexity index is 961. The van der Waals surface area contributed by atoms with Crippen molar-refractivity contribution in [3.05, 3.63) is 65.9 Å². The number of aromatic nitrogens is 2. The molecule has 0 aliphatic heterocycles. The zero-order valence-electron chi connectivity index (χ0n) is 15.7. The lowest BCUT2D eigenvalue weighted by Crippen LogP contribution is -2.05. The fraction of sp³-hybridized carbons (Fsp3) is 0.190. The zero-order chi connectivity index (χ0) is 19.9. The summed E-state index contributed by atoms with van der Waals surface area (Å²) in [6.07, 6.45) is 3.70. The molecule has 1 aromatic heterocycles. The van der Waals surface area contributed by atoms with Gasteiger partial charge in [-0.05, 0) is 55.1 Å². The molecule has 0 aliphatic rings. The lowest BCUT2D eigenvalue weighted by atomic mass is 10.1. The summed E-state index contributed by atoms with van der Waals surface area (Å²) in [6, 6.07) is 15.1. The van der Waals surface area contributed by atoms with Gasteiger partial charge in [-0.2, -0.15) is 0 Å². The van der Waals surface area contributed by atoms with Crippen LogP contribution in [0, 0.1) is 0 Å². The minimum absolute atomic E-state index is 0.112. The summed E-state index contributed by atoms with van der Waals surface area (Å²) in [5.41, 5.74) is 2.57. The molecule has 0 atom stereocenters. The first-order chi connectivity index (χ1) is 13.6. The average molecular weight is 395 g/mol. The Balaban J connectivity index is 1.78. The standard InChI is InChI=1S/C21H21N3O3S/c1-3-27-19-9-6-15(12-17(19)20(25)26)18-10-11-22-21(24-18)23-13-14-4-7-16(28-2)8-5-14/h4-12H,3,13H2,1-2H3,(H,25,26)(H,22,23,24). The average Bonchev–Trinajstić information content (AvgIpc) is 2.73. The summed E-state index contributed by atoms with van der Waals surface area (Å²) in [5, 5.41) is 12.6. The van der Waals surface area contributed by atoms with Crippen molar-refractivity contribution in [3.8, 4) is 17.0 Å². The first-order valence-corrected chi connectivity index (χ1v) is 10.0. The molecule has 0 spiro atoms. The Morgan fingerprint density at radius 3 is 2.64 bits per heavy atom. The number of hydrogen-bond acceptors (Lipinski definition) is 6. The third-order valence-electron chi connectivity index (χ3n) is 4.07. The van der Waals surface area contributed by atoms with Crippen LogP contribution >= 0.6 is 11.8 Å². The minimum atomic E-state index is -1.04. The molecule has 144 valence electrons. The lowest BCUT2D eigenvalue weighted by molar-refractivity contribution is 0.0692. The molecule has 7 heteroatoms.